The zero-order valence-electron chi connectivity index (χ0n) is 36.1. The predicted molar refractivity (Wildman–Crippen MR) is 279 cm³/mol. The number of para-hydroxylation sites is 2. The quantitative estimate of drug-likeness (QED) is 0.148. The van der Waals surface area contributed by atoms with E-state index in [4.69, 9.17) is 0 Å². The van der Waals surface area contributed by atoms with Gasteiger partial charge in [-0.3, -0.25) is 0 Å². The Morgan fingerprint density at radius 3 is 1.65 bits per heavy atom. The van der Waals surface area contributed by atoms with Gasteiger partial charge < -0.3 is 9.47 Å². The number of nitrogens with zero attached hydrogens (tertiary/aromatic N) is 2. The van der Waals surface area contributed by atoms with E-state index in [0.717, 1.165) is 22.7 Å². The summed E-state index contributed by atoms with van der Waals surface area (Å²) in [5.41, 5.74) is 17.6. The Bertz CT molecular complexity index is 3700. The molecule has 0 radical (unpaired) electrons. The molecular formula is C63H42N2S. The number of rotatable bonds is 8. The Labute approximate surface area is 388 Å². The van der Waals surface area contributed by atoms with Gasteiger partial charge in [-0.05, 0) is 117 Å². The fraction of sp³-hybridized carbons (Fsp3) is 0.0159. The zero-order valence-corrected chi connectivity index (χ0v) is 36.9. The summed E-state index contributed by atoms with van der Waals surface area (Å²) in [6.45, 7) is 0. The van der Waals surface area contributed by atoms with Crippen LogP contribution >= 0.6 is 11.3 Å². The summed E-state index contributed by atoms with van der Waals surface area (Å²) in [5, 5.41) is 3.81. The third-order valence-electron chi connectivity index (χ3n) is 13.6. The van der Waals surface area contributed by atoms with Gasteiger partial charge >= 0.3 is 0 Å². The van der Waals surface area contributed by atoms with Crippen molar-refractivity contribution < 1.29 is 0 Å². The summed E-state index contributed by atoms with van der Waals surface area (Å²) in [6, 6.07) is 93.6. The molecule has 0 aliphatic heterocycles. The number of fused-ring (bicyclic) bond motifs is 8. The lowest BCUT2D eigenvalue weighted by Crippen LogP contribution is -2.28. The van der Waals surface area contributed by atoms with Crippen LogP contribution < -0.4 is 4.90 Å². The van der Waals surface area contributed by atoms with Crippen molar-refractivity contribution in [1.82, 2.24) is 4.57 Å². The van der Waals surface area contributed by atoms with Gasteiger partial charge in [-0.2, -0.15) is 0 Å². The minimum absolute atomic E-state index is 0.517. The standard InChI is InChI=1S/C63H42N2S/c1-5-18-43(19-6-1)45-20-17-27-51(40-45)64(50-35-32-44(33-36-50)46-34-39-59-56(41-46)53-28-13-15-30-58(53)65(59)49-25-11-4-12-26-49)52-37-38-54-57(42-52)63(47-21-7-2-8-22-47,48-23-9-3-10-24-48)62-61(54)55-29-14-16-31-60(55)66-62/h1-42H. The highest BCUT2D eigenvalue weighted by atomic mass is 32.1. The van der Waals surface area contributed by atoms with E-state index in [0.29, 0.717) is 0 Å². The third kappa shape index (κ3) is 5.94. The van der Waals surface area contributed by atoms with E-state index in [9.17, 15) is 0 Å². The number of hydrogen-bond acceptors (Lipinski definition) is 2. The Hall–Kier alpha value is -8.24. The van der Waals surface area contributed by atoms with Gasteiger partial charge in [-0.15, -0.1) is 11.3 Å². The molecule has 2 nitrogen and oxygen atoms in total. The lowest BCUT2D eigenvalue weighted by atomic mass is 9.70. The van der Waals surface area contributed by atoms with Gasteiger partial charge in [0.05, 0.1) is 16.4 Å². The van der Waals surface area contributed by atoms with Crippen molar-refractivity contribution >= 4 is 60.3 Å². The van der Waals surface area contributed by atoms with E-state index in [2.05, 4.69) is 264 Å². The van der Waals surface area contributed by atoms with Crippen LogP contribution in [0.1, 0.15) is 21.6 Å². The van der Waals surface area contributed by atoms with Crippen LogP contribution in [0.2, 0.25) is 0 Å². The molecule has 0 amide bonds. The second kappa shape index (κ2) is 15.5. The van der Waals surface area contributed by atoms with Gasteiger partial charge in [0.2, 0.25) is 0 Å². The first-order chi connectivity index (χ1) is 32.7. The van der Waals surface area contributed by atoms with Crippen LogP contribution in [0.5, 0.6) is 0 Å². The SMILES string of the molecule is c1ccc(-c2cccc(N(c3ccc(-c4ccc5c(c4)c4ccccc4n5-c4ccccc4)cc3)c3ccc4c(c3)C(c3ccccc3)(c3ccccc3)c3sc5ccccc5c3-4)c2)cc1. The molecule has 0 N–H and O–H groups in total. The van der Waals surface area contributed by atoms with Crippen LogP contribution in [-0.4, -0.2) is 4.57 Å². The number of aromatic nitrogens is 1. The smallest absolute Gasteiger partial charge is 0.0808 e. The molecule has 1 aliphatic rings. The van der Waals surface area contributed by atoms with Gasteiger partial charge in [0, 0.05) is 54.0 Å². The van der Waals surface area contributed by atoms with Crippen molar-refractivity contribution in [2.24, 2.45) is 0 Å². The van der Waals surface area contributed by atoms with Crippen molar-refractivity contribution in [3.63, 3.8) is 0 Å². The Balaban J connectivity index is 0.997. The van der Waals surface area contributed by atoms with Crippen molar-refractivity contribution in [1.29, 1.82) is 0 Å². The topological polar surface area (TPSA) is 8.17 Å². The molecule has 0 unspecified atom stereocenters. The third-order valence-corrected chi connectivity index (χ3v) is 14.9. The Kier molecular flexibility index (Phi) is 8.97. The minimum Gasteiger partial charge on any atom is -0.310 e. The van der Waals surface area contributed by atoms with Crippen molar-refractivity contribution in [3.05, 3.63) is 276 Å². The van der Waals surface area contributed by atoms with E-state index in [1.54, 1.807) is 0 Å². The first kappa shape index (κ1) is 38.2. The number of thiophene rings is 1. The van der Waals surface area contributed by atoms with Gasteiger partial charge in [-0.1, -0.05) is 182 Å². The highest BCUT2D eigenvalue weighted by Gasteiger charge is 2.48. The summed E-state index contributed by atoms with van der Waals surface area (Å²) < 4.78 is 3.69. The molecule has 10 aromatic carbocycles. The fourth-order valence-electron chi connectivity index (χ4n) is 10.7. The van der Waals surface area contributed by atoms with Crippen LogP contribution in [0.25, 0.3) is 71.0 Å². The summed E-state index contributed by atoms with van der Waals surface area (Å²) in [4.78, 5) is 3.82. The molecule has 310 valence electrons. The maximum atomic E-state index is 2.48. The zero-order chi connectivity index (χ0) is 43.6. The average Bonchev–Trinajstić information content (AvgIpc) is 4.03. The van der Waals surface area contributed by atoms with Crippen LogP contribution in [0.4, 0.5) is 17.1 Å². The fourth-order valence-corrected chi connectivity index (χ4v) is 12.2. The normalized spacial score (nSPS) is 12.7. The summed E-state index contributed by atoms with van der Waals surface area (Å²) >= 11 is 1.93. The van der Waals surface area contributed by atoms with E-state index in [-0.39, 0.29) is 0 Å². The molecule has 0 atom stereocenters. The molecule has 13 rings (SSSR count). The Morgan fingerprint density at radius 1 is 0.364 bits per heavy atom. The van der Waals surface area contributed by atoms with Crippen molar-refractivity contribution in [3.8, 4) is 39.1 Å². The predicted octanol–water partition coefficient (Wildman–Crippen LogP) is 17.2. The van der Waals surface area contributed by atoms with Gasteiger partial charge in [-0.25, -0.2) is 0 Å². The molecule has 0 saturated carbocycles. The lowest BCUT2D eigenvalue weighted by Gasteiger charge is -2.34. The summed E-state index contributed by atoms with van der Waals surface area (Å²) in [5.74, 6) is 0. The van der Waals surface area contributed by atoms with Crippen molar-refractivity contribution in [2.45, 2.75) is 5.41 Å². The molecule has 0 spiro atoms. The maximum Gasteiger partial charge on any atom is 0.0808 e. The second-order valence-corrected chi connectivity index (χ2v) is 18.3. The monoisotopic (exact) mass is 858 g/mol. The van der Waals surface area contributed by atoms with Crippen LogP contribution in [0, 0.1) is 0 Å². The molecule has 3 heteroatoms. The highest BCUT2D eigenvalue weighted by molar-refractivity contribution is 7.20. The molecule has 1 aliphatic carbocycles. The van der Waals surface area contributed by atoms with Gasteiger partial charge in [0.1, 0.15) is 0 Å². The highest BCUT2D eigenvalue weighted by Crippen LogP contribution is 2.61. The molecule has 2 heterocycles. The van der Waals surface area contributed by atoms with Crippen LogP contribution in [-0.2, 0) is 5.41 Å². The molecule has 12 aromatic rings. The minimum atomic E-state index is -0.517. The molecular weight excluding hydrogens is 817 g/mol. The molecule has 66 heavy (non-hydrogen) atoms. The summed E-state index contributed by atoms with van der Waals surface area (Å²) in [7, 11) is 0. The van der Waals surface area contributed by atoms with Crippen LogP contribution in [0.3, 0.4) is 0 Å². The number of anilines is 3. The molecule has 2 aromatic heterocycles. The van der Waals surface area contributed by atoms with Crippen LogP contribution in [0.15, 0.2) is 255 Å². The second-order valence-electron chi connectivity index (χ2n) is 17.2. The first-order valence-corrected chi connectivity index (χ1v) is 23.5. The molecule has 0 saturated heterocycles. The van der Waals surface area contributed by atoms with Gasteiger partial charge in [0.25, 0.3) is 0 Å². The average molecular weight is 859 g/mol. The lowest BCUT2D eigenvalue weighted by molar-refractivity contribution is 0.785. The van der Waals surface area contributed by atoms with E-state index in [1.165, 1.54) is 86.8 Å². The van der Waals surface area contributed by atoms with Gasteiger partial charge in [0.15, 0.2) is 0 Å². The van der Waals surface area contributed by atoms with E-state index < -0.39 is 5.41 Å². The maximum absolute atomic E-state index is 2.48. The Morgan fingerprint density at radius 2 is 0.909 bits per heavy atom. The largest absolute Gasteiger partial charge is 0.310 e. The number of hydrogen-bond donors (Lipinski definition) is 0. The molecule has 0 bridgehead atoms. The molecule has 0 fully saturated rings. The van der Waals surface area contributed by atoms with Crippen molar-refractivity contribution in [2.75, 3.05) is 4.90 Å². The number of benzene rings is 10. The van der Waals surface area contributed by atoms with E-state index >= 15 is 0 Å². The summed E-state index contributed by atoms with van der Waals surface area (Å²) in [6.07, 6.45) is 0. The first-order valence-electron chi connectivity index (χ1n) is 22.7. The van der Waals surface area contributed by atoms with E-state index in [1.807, 2.05) is 11.3 Å².